The third kappa shape index (κ3) is 5.37. The Balaban J connectivity index is 1.19. The molecule has 5 N–H and O–H groups in total. The first-order chi connectivity index (χ1) is 23.3. The second-order valence-electron chi connectivity index (χ2n) is 18.5. The molecule has 6 aliphatic rings. The maximum atomic E-state index is 13.5. The smallest absolute Gasteiger partial charge is 0.323 e. The molecule has 0 bridgehead atoms. The lowest BCUT2D eigenvalue weighted by Gasteiger charge is -2.72. The molecule has 5 aliphatic carbocycles. The van der Waals surface area contributed by atoms with E-state index in [0.717, 1.165) is 68.4 Å². The van der Waals surface area contributed by atoms with Crippen LogP contribution in [0, 0.1) is 56.7 Å². The number of nitrogens with zero attached hydrogens (tertiary/aromatic N) is 1. The molecule has 0 amide bonds. The minimum absolute atomic E-state index is 0.0348. The fourth-order valence-corrected chi connectivity index (χ4v) is 13.6. The fourth-order valence-electron chi connectivity index (χ4n) is 13.6. The highest BCUT2D eigenvalue weighted by molar-refractivity contribution is 5.76. The van der Waals surface area contributed by atoms with Crippen LogP contribution in [-0.4, -0.2) is 99.5 Å². The first-order valence-corrected chi connectivity index (χ1v) is 19.0. The van der Waals surface area contributed by atoms with Crippen molar-refractivity contribution in [1.82, 2.24) is 5.06 Å². The Bertz CT molecular complexity index is 1340. The number of allylic oxidation sites excluding steroid dienone is 1. The van der Waals surface area contributed by atoms with Crippen molar-refractivity contribution in [3.63, 3.8) is 0 Å². The van der Waals surface area contributed by atoms with E-state index in [1.165, 1.54) is 7.11 Å². The van der Waals surface area contributed by atoms with Crippen molar-refractivity contribution in [3.05, 3.63) is 12.2 Å². The van der Waals surface area contributed by atoms with Gasteiger partial charge in [-0.2, -0.15) is 0 Å². The zero-order valence-corrected chi connectivity index (χ0v) is 31.3. The van der Waals surface area contributed by atoms with E-state index in [1.54, 1.807) is 0 Å². The van der Waals surface area contributed by atoms with Crippen LogP contribution in [0.2, 0.25) is 0 Å². The van der Waals surface area contributed by atoms with Crippen molar-refractivity contribution >= 4 is 11.9 Å². The van der Waals surface area contributed by atoms with Crippen molar-refractivity contribution in [2.75, 3.05) is 20.3 Å². The number of hydrogen-bond donors (Lipinski definition) is 5. The summed E-state index contributed by atoms with van der Waals surface area (Å²) in [7, 11) is 1.32. The number of esters is 1. The minimum atomic E-state index is -1.59. The molecule has 0 spiro atoms. The lowest BCUT2D eigenvalue weighted by molar-refractivity contribution is -0.327. The average Bonchev–Trinajstić information content (AvgIpc) is 3.46. The van der Waals surface area contributed by atoms with Gasteiger partial charge in [0.1, 0.15) is 37.1 Å². The van der Waals surface area contributed by atoms with Crippen LogP contribution in [0.4, 0.5) is 0 Å². The van der Waals surface area contributed by atoms with Gasteiger partial charge in [0.05, 0.1) is 19.1 Å². The second kappa shape index (κ2) is 13.1. The Morgan fingerprint density at radius 1 is 0.860 bits per heavy atom. The summed E-state index contributed by atoms with van der Waals surface area (Å²) in [5.41, 5.74) is 0.327. The second-order valence-corrected chi connectivity index (χ2v) is 18.5. The summed E-state index contributed by atoms with van der Waals surface area (Å²) in [6.07, 6.45) is 1.79. The van der Waals surface area contributed by atoms with Crippen molar-refractivity contribution in [3.8, 4) is 0 Å². The number of ether oxygens (including phenoxy) is 2. The number of carbonyl (C=O) groups is 2. The van der Waals surface area contributed by atoms with E-state index in [2.05, 4.69) is 48.1 Å². The van der Waals surface area contributed by atoms with Crippen molar-refractivity contribution < 1.29 is 49.4 Å². The predicted molar refractivity (Wildman–Crippen MR) is 184 cm³/mol. The van der Waals surface area contributed by atoms with Crippen LogP contribution < -0.4 is 0 Å². The molecule has 6 rings (SSSR count). The van der Waals surface area contributed by atoms with Gasteiger partial charge in [-0.05, 0) is 117 Å². The maximum Gasteiger partial charge on any atom is 0.323 e. The number of fused-ring (bicyclic) bond motifs is 7. The molecule has 11 nitrogen and oxygen atoms in total. The number of hydrogen-bond acceptors (Lipinski definition) is 10. The van der Waals surface area contributed by atoms with Crippen molar-refractivity contribution in [1.29, 1.82) is 0 Å². The van der Waals surface area contributed by atoms with Gasteiger partial charge >= 0.3 is 11.9 Å². The summed E-state index contributed by atoms with van der Waals surface area (Å²) >= 11 is 0. The molecule has 0 aromatic carbocycles. The van der Waals surface area contributed by atoms with Gasteiger partial charge in [-0.15, -0.1) is 5.06 Å². The molecular formula is C39H63NO10. The lowest BCUT2D eigenvalue weighted by Crippen LogP contribution is -2.67. The minimum Gasteiger partial charge on any atom is -0.481 e. The van der Waals surface area contributed by atoms with Gasteiger partial charge in [-0.25, -0.2) is 0 Å². The summed E-state index contributed by atoms with van der Waals surface area (Å²) in [6, 6.07) is 0. The fraction of sp³-hybridized carbons (Fsp3) is 0.897. The molecule has 50 heavy (non-hydrogen) atoms. The van der Waals surface area contributed by atoms with Gasteiger partial charge in [-0.1, -0.05) is 46.8 Å². The van der Waals surface area contributed by atoms with E-state index >= 15 is 0 Å². The van der Waals surface area contributed by atoms with Gasteiger partial charge in [0.15, 0.2) is 6.23 Å². The van der Waals surface area contributed by atoms with Crippen LogP contribution in [0.15, 0.2) is 12.2 Å². The number of carboxylic acids is 1. The largest absolute Gasteiger partial charge is 0.481 e. The standard InChI is InChI=1S/C39H63NO10/c1-21(2)22-11-16-39(34(46)47)18-17-37(6)23(29(22)39)9-10-26-36(5)14-13-27(35(3,4)25(36)12-15-38(26,37)7)50-28(42)19-40(48-8)33-32(45)31(44)30(43)24(20-41)49-33/h22-27,29-33,41,43-45H,1,9-20H2,2-8H3,(H,46,47)/t22-,23?,24-,25?,26?,27-,29?,30-,31+,32-,33?,36-,37+,38+,39-/m0/s1. The molecule has 1 aliphatic heterocycles. The third-order valence-corrected chi connectivity index (χ3v) is 16.4. The molecule has 0 aromatic rings. The number of aliphatic hydroxyl groups is 4. The number of rotatable bonds is 8. The highest BCUT2D eigenvalue weighted by Crippen LogP contribution is 2.77. The maximum absolute atomic E-state index is 13.5. The average molecular weight is 706 g/mol. The zero-order valence-electron chi connectivity index (χ0n) is 31.3. The highest BCUT2D eigenvalue weighted by atomic mass is 16.7. The molecule has 5 saturated carbocycles. The summed E-state index contributed by atoms with van der Waals surface area (Å²) in [6.45, 7) is 17.5. The molecular weight excluding hydrogens is 642 g/mol. The van der Waals surface area contributed by atoms with E-state index in [9.17, 15) is 35.1 Å². The molecule has 5 unspecified atom stereocenters. The first kappa shape index (κ1) is 38.1. The van der Waals surface area contributed by atoms with E-state index in [4.69, 9.17) is 14.3 Å². The topological polar surface area (TPSA) is 166 Å². The van der Waals surface area contributed by atoms with E-state index in [1.807, 2.05) is 0 Å². The Morgan fingerprint density at radius 3 is 2.18 bits per heavy atom. The van der Waals surface area contributed by atoms with E-state index < -0.39 is 54.6 Å². The monoisotopic (exact) mass is 705 g/mol. The highest BCUT2D eigenvalue weighted by Gasteiger charge is 2.72. The molecule has 11 heteroatoms. The van der Waals surface area contributed by atoms with Gasteiger partial charge in [-0.3, -0.25) is 14.4 Å². The normalized spacial score (nSPS) is 49.6. The SMILES string of the molecule is C=C(C)[C@@H]1CC[C@]2(C(=O)O)CC[C@]3(C)C(CCC4[C@@]5(C)CC[C@H](OC(=O)CN(OC)C6O[C@@H](CO)[C@H](O)[C@@H](O)[C@@H]6O)C(C)(C)C5CC[C@]43C)C12. The molecule has 0 radical (unpaired) electrons. The number of hydroxylamine groups is 2. The molecule has 1 heterocycles. The van der Waals surface area contributed by atoms with Crippen molar-refractivity contribution in [2.24, 2.45) is 56.7 Å². The summed E-state index contributed by atoms with van der Waals surface area (Å²) in [5, 5.41) is 52.4. The number of aliphatic carboxylic acids is 1. The molecule has 0 aromatic heterocycles. The Labute approximate surface area is 297 Å². The van der Waals surface area contributed by atoms with Gasteiger partial charge < -0.3 is 35.0 Å². The Morgan fingerprint density at radius 2 is 1.56 bits per heavy atom. The number of carbonyl (C=O) groups excluding carboxylic acids is 1. The molecule has 284 valence electrons. The van der Waals surface area contributed by atoms with E-state index in [0.29, 0.717) is 24.2 Å². The summed E-state index contributed by atoms with van der Waals surface area (Å²) in [5.74, 6) is 0.404. The third-order valence-electron chi connectivity index (χ3n) is 16.4. The van der Waals surface area contributed by atoms with E-state index in [-0.39, 0.29) is 46.1 Å². The van der Waals surface area contributed by atoms with Crippen LogP contribution in [-0.2, 0) is 23.9 Å². The Kier molecular flexibility index (Phi) is 9.96. The van der Waals surface area contributed by atoms with Gasteiger partial charge in [0.25, 0.3) is 0 Å². The quantitative estimate of drug-likeness (QED) is 0.139. The van der Waals surface area contributed by atoms with Crippen LogP contribution in [0.25, 0.3) is 0 Å². The van der Waals surface area contributed by atoms with Crippen LogP contribution in [0.5, 0.6) is 0 Å². The summed E-state index contributed by atoms with van der Waals surface area (Å²) in [4.78, 5) is 31.8. The number of aliphatic hydroxyl groups excluding tert-OH is 4. The summed E-state index contributed by atoms with van der Waals surface area (Å²) < 4.78 is 11.8. The van der Waals surface area contributed by atoms with Crippen LogP contribution in [0.3, 0.4) is 0 Å². The zero-order chi connectivity index (χ0) is 36.8. The molecule has 6 fully saturated rings. The Hall–Kier alpha value is -1.60. The molecule has 15 atom stereocenters. The predicted octanol–water partition coefficient (Wildman–Crippen LogP) is 4.30. The van der Waals surface area contributed by atoms with Crippen LogP contribution >= 0.6 is 0 Å². The van der Waals surface area contributed by atoms with Crippen molar-refractivity contribution in [2.45, 2.75) is 142 Å². The number of carboxylic acid groups (broad SMARTS) is 1. The lowest BCUT2D eigenvalue weighted by atomic mass is 9.32. The van der Waals surface area contributed by atoms with Crippen LogP contribution in [0.1, 0.15) is 106 Å². The first-order valence-electron chi connectivity index (χ1n) is 19.0. The van der Waals surface area contributed by atoms with Gasteiger partial charge in [0.2, 0.25) is 0 Å². The van der Waals surface area contributed by atoms with Gasteiger partial charge in [0, 0.05) is 5.41 Å². The molecule has 1 saturated heterocycles.